The molecule has 4 aromatic carbocycles. The molecule has 0 aliphatic rings. The summed E-state index contributed by atoms with van der Waals surface area (Å²) >= 11 is 0. The molecule has 0 heterocycles. The molecule has 152 valence electrons. The highest BCUT2D eigenvalue weighted by Crippen LogP contribution is 2.33. The predicted octanol–water partition coefficient (Wildman–Crippen LogP) is 6.13. The van der Waals surface area contributed by atoms with Crippen molar-refractivity contribution in [3.8, 4) is 17.9 Å². The molecule has 0 amide bonds. The van der Waals surface area contributed by atoms with Gasteiger partial charge in [-0.25, -0.2) is 4.79 Å². The van der Waals surface area contributed by atoms with E-state index in [1.807, 2.05) is 66.7 Å². The Morgan fingerprint density at radius 1 is 0.688 bits per heavy atom. The summed E-state index contributed by atoms with van der Waals surface area (Å²) in [5, 5.41) is 18.4. The molecule has 0 atom stereocenters. The third kappa shape index (κ3) is 4.51. The zero-order valence-corrected chi connectivity index (χ0v) is 17.1. The van der Waals surface area contributed by atoms with Gasteiger partial charge < -0.3 is 10.0 Å². The quantitative estimate of drug-likeness (QED) is 0.408. The van der Waals surface area contributed by atoms with Crippen LogP contribution in [0.4, 0.5) is 17.1 Å². The van der Waals surface area contributed by atoms with Crippen LogP contribution >= 0.6 is 0 Å². The number of rotatable bonds is 4. The predicted molar refractivity (Wildman–Crippen MR) is 125 cm³/mol. The van der Waals surface area contributed by atoms with Crippen molar-refractivity contribution >= 4 is 23.0 Å². The molecule has 4 nitrogen and oxygen atoms in total. The van der Waals surface area contributed by atoms with E-state index < -0.39 is 5.97 Å². The van der Waals surface area contributed by atoms with Gasteiger partial charge in [0.15, 0.2) is 0 Å². The largest absolute Gasteiger partial charge is 0.478 e. The lowest BCUT2D eigenvalue weighted by Gasteiger charge is -2.25. The second-order valence-electron chi connectivity index (χ2n) is 6.98. The Bertz CT molecular complexity index is 1300. The van der Waals surface area contributed by atoms with Gasteiger partial charge in [0, 0.05) is 28.2 Å². The Balaban J connectivity index is 1.65. The number of benzene rings is 4. The van der Waals surface area contributed by atoms with E-state index in [9.17, 15) is 10.1 Å². The molecule has 0 aliphatic heterocycles. The lowest BCUT2D eigenvalue weighted by molar-refractivity contribution is 0.0697. The molecule has 0 unspecified atom stereocenters. The van der Waals surface area contributed by atoms with E-state index in [4.69, 9.17) is 5.11 Å². The van der Waals surface area contributed by atoms with E-state index in [1.54, 1.807) is 6.07 Å². The fraction of sp³-hybridized carbons (Fsp3) is 0. The van der Waals surface area contributed by atoms with Crippen LogP contribution in [-0.2, 0) is 0 Å². The van der Waals surface area contributed by atoms with Gasteiger partial charge in [-0.3, -0.25) is 0 Å². The first-order chi connectivity index (χ1) is 15.7. The molecule has 0 spiro atoms. The maximum absolute atomic E-state index is 11.1. The van der Waals surface area contributed by atoms with Crippen LogP contribution in [0.25, 0.3) is 0 Å². The minimum atomic E-state index is -1.07. The normalized spacial score (nSPS) is 9.84. The van der Waals surface area contributed by atoms with Crippen molar-refractivity contribution in [2.75, 3.05) is 4.90 Å². The third-order valence-corrected chi connectivity index (χ3v) is 4.88. The zero-order valence-electron chi connectivity index (χ0n) is 17.1. The molecule has 0 bridgehead atoms. The molecule has 4 aromatic rings. The van der Waals surface area contributed by atoms with Crippen molar-refractivity contribution in [1.82, 2.24) is 0 Å². The number of nitrogens with zero attached hydrogens (tertiary/aromatic N) is 2. The molecule has 0 saturated carbocycles. The molecule has 0 saturated heterocycles. The van der Waals surface area contributed by atoms with Gasteiger partial charge in [-0.1, -0.05) is 48.2 Å². The summed E-state index contributed by atoms with van der Waals surface area (Å²) < 4.78 is 0. The zero-order chi connectivity index (χ0) is 22.3. The van der Waals surface area contributed by atoms with Gasteiger partial charge >= 0.3 is 5.97 Å². The summed E-state index contributed by atoms with van der Waals surface area (Å²) in [5.74, 6) is 4.97. The van der Waals surface area contributed by atoms with E-state index in [0.717, 1.165) is 22.6 Å². The van der Waals surface area contributed by atoms with Gasteiger partial charge in [0.2, 0.25) is 0 Å². The van der Waals surface area contributed by atoms with Crippen molar-refractivity contribution in [3.63, 3.8) is 0 Å². The van der Waals surface area contributed by atoms with Gasteiger partial charge in [0.05, 0.1) is 11.1 Å². The highest BCUT2D eigenvalue weighted by atomic mass is 16.4. The average molecular weight is 414 g/mol. The van der Waals surface area contributed by atoms with Crippen LogP contribution in [0.1, 0.15) is 27.0 Å². The van der Waals surface area contributed by atoms with Gasteiger partial charge in [-0.05, 0) is 66.7 Å². The Morgan fingerprint density at radius 2 is 1.25 bits per heavy atom. The maximum atomic E-state index is 11.1. The van der Waals surface area contributed by atoms with Crippen LogP contribution in [-0.4, -0.2) is 11.1 Å². The minimum Gasteiger partial charge on any atom is -0.478 e. The summed E-state index contributed by atoms with van der Waals surface area (Å²) in [6.45, 7) is 0. The fourth-order valence-corrected chi connectivity index (χ4v) is 3.31. The Kier molecular flexibility index (Phi) is 5.98. The molecule has 0 aromatic heterocycles. The summed E-state index contributed by atoms with van der Waals surface area (Å²) in [6.07, 6.45) is 0. The monoisotopic (exact) mass is 414 g/mol. The van der Waals surface area contributed by atoms with Crippen LogP contribution in [0, 0.1) is 23.2 Å². The number of hydrogen-bond acceptors (Lipinski definition) is 3. The van der Waals surface area contributed by atoms with Crippen LogP contribution in [0.2, 0.25) is 0 Å². The first-order valence-electron chi connectivity index (χ1n) is 9.95. The van der Waals surface area contributed by atoms with E-state index in [0.29, 0.717) is 5.56 Å². The molecule has 4 rings (SSSR count). The number of carbonyl (C=O) groups is 1. The molecule has 32 heavy (non-hydrogen) atoms. The Hall–Kier alpha value is -4.80. The lowest BCUT2D eigenvalue weighted by atomic mass is 10.0. The minimum absolute atomic E-state index is 0.0679. The summed E-state index contributed by atoms with van der Waals surface area (Å²) in [4.78, 5) is 13.3. The first kappa shape index (κ1) is 20.5. The van der Waals surface area contributed by atoms with E-state index >= 15 is 0 Å². The van der Waals surface area contributed by atoms with Crippen molar-refractivity contribution < 1.29 is 9.90 Å². The van der Waals surface area contributed by atoms with Gasteiger partial charge in [-0.15, -0.1) is 0 Å². The number of para-hydroxylation sites is 2. The van der Waals surface area contributed by atoms with Crippen LogP contribution in [0.3, 0.4) is 0 Å². The Morgan fingerprint density at radius 3 is 1.78 bits per heavy atom. The standard InChI is InChI=1S/C28H18N2O2/c29-20-24-19-23(28(31)32)16-15-22(24)14-11-21-12-17-27(18-13-21)30(25-7-3-1-4-8-25)26-9-5-2-6-10-26/h1-10,12-13,15-19H,(H,31,32). The second-order valence-corrected chi connectivity index (χ2v) is 6.98. The number of carboxylic acid groups (broad SMARTS) is 1. The SMILES string of the molecule is N#Cc1cc(C(=O)O)ccc1C#Cc1ccc(N(c2ccccc2)c2ccccc2)cc1. The van der Waals surface area contributed by atoms with E-state index in [-0.39, 0.29) is 11.1 Å². The molecular weight excluding hydrogens is 396 g/mol. The number of anilines is 3. The van der Waals surface area contributed by atoms with Gasteiger partial charge in [0.25, 0.3) is 0 Å². The van der Waals surface area contributed by atoms with E-state index in [1.165, 1.54) is 12.1 Å². The topological polar surface area (TPSA) is 64.3 Å². The first-order valence-corrected chi connectivity index (χ1v) is 9.95. The van der Waals surface area contributed by atoms with Gasteiger partial charge in [0.1, 0.15) is 6.07 Å². The van der Waals surface area contributed by atoms with Crippen LogP contribution in [0.5, 0.6) is 0 Å². The van der Waals surface area contributed by atoms with Crippen molar-refractivity contribution in [1.29, 1.82) is 5.26 Å². The average Bonchev–Trinajstić information content (AvgIpc) is 2.85. The van der Waals surface area contributed by atoms with Crippen molar-refractivity contribution in [2.45, 2.75) is 0 Å². The van der Waals surface area contributed by atoms with Crippen molar-refractivity contribution in [3.05, 3.63) is 125 Å². The molecule has 0 radical (unpaired) electrons. The second kappa shape index (κ2) is 9.34. The van der Waals surface area contributed by atoms with Gasteiger partial charge in [-0.2, -0.15) is 5.26 Å². The van der Waals surface area contributed by atoms with Crippen molar-refractivity contribution in [2.24, 2.45) is 0 Å². The summed E-state index contributed by atoms with van der Waals surface area (Å²) in [7, 11) is 0. The third-order valence-electron chi connectivity index (χ3n) is 4.88. The molecular formula is C28H18N2O2. The molecule has 0 aliphatic carbocycles. The Labute approximate surface area is 186 Å². The highest BCUT2D eigenvalue weighted by Gasteiger charge is 2.11. The summed E-state index contributed by atoms with van der Waals surface area (Å²) in [5.41, 5.74) is 4.70. The number of nitriles is 1. The van der Waals surface area contributed by atoms with E-state index in [2.05, 4.69) is 41.0 Å². The smallest absolute Gasteiger partial charge is 0.335 e. The highest BCUT2D eigenvalue weighted by molar-refractivity contribution is 5.88. The lowest BCUT2D eigenvalue weighted by Crippen LogP contribution is -2.09. The number of carboxylic acids is 1. The maximum Gasteiger partial charge on any atom is 0.335 e. The fourth-order valence-electron chi connectivity index (χ4n) is 3.31. The summed E-state index contributed by atoms with van der Waals surface area (Å²) in [6, 6.07) is 34.5. The molecule has 4 heteroatoms. The molecule has 1 N–H and O–H groups in total. The van der Waals surface area contributed by atoms with Crippen LogP contribution in [0.15, 0.2) is 103 Å². The number of hydrogen-bond donors (Lipinski definition) is 1. The molecule has 0 fully saturated rings. The number of aromatic carboxylic acids is 1. The van der Waals surface area contributed by atoms with Crippen LogP contribution < -0.4 is 4.90 Å².